The molecule has 2 rings (SSSR count). The van der Waals surface area contributed by atoms with Gasteiger partial charge in [0.1, 0.15) is 5.75 Å². The summed E-state index contributed by atoms with van der Waals surface area (Å²) >= 11 is 0. The maximum Gasteiger partial charge on any atom is 0.119 e. The van der Waals surface area contributed by atoms with E-state index >= 15 is 0 Å². The normalized spacial score (nSPS) is 22.0. The van der Waals surface area contributed by atoms with Crippen LogP contribution in [0.4, 0.5) is 0 Å². The molecule has 1 saturated carbocycles. The largest absolute Gasteiger partial charge is 0.494 e. The maximum absolute atomic E-state index is 5.88. The summed E-state index contributed by atoms with van der Waals surface area (Å²) in [7, 11) is 2.23. The van der Waals surface area contributed by atoms with E-state index in [1.54, 1.807) is 0 Å². The molecule has 3 nitrogen and oxygen atoms in total. The molecule has 0 aromatic heterocycles. The Morgan fingerprint density at radius 1 is 1.19 bits per heavy atom. The van der Waals surface area contributed by atoms with Crippen LogP contribution >= 0.6 is 0 Å². The van der Waals surface area contributed by atoms with Gasteiger partial charge in [0.05, 0.1) is 6.61 Å². The van der Waals surface area contributed by atoms with E-state index in [9.17, 15) is 0 Å². The molecular weight excluding hydrogens is 260 g/mol. The molecule has 0 spiro atoms. The molecule has 3 heteroatoms. The van der Waals surface area contributed by atoms with Crippen LogP contribution in [-0.2, 0) is 0 Å². The highest BCUT2D eigenvalue weighted by Crippen LogP contribution is 2.28. The predicted molar refractivity (Wildman–Crippen MR) is 88.8 cm³/mol. The molecule has 2 unspecified atom stereocenters. The van der Waals surface area contributed by atoms with Crippen molar-refractivity contribution < 1.29 is 4.74 Å². The fraction of sp³-hybridized carbons (Fsp3) is 0.667. The summed E-state index contributed by atoms with van der Waals surface area (Å²) in [6.45, 7) is 6.93. The van der Waals surface area contributed by atoms with Gasteiger partial charge in [-0.3, -0.25) is 0 Å². The van der Waals surface area contributed by atoms with Crippen LogP contribution in [0.2, 0.25) is 0 Å². The Labute approximate surface area is 129 Å². The van der Waals surface area contributed by atoms with Gasteiger partial charge in [-0.05, 0) is 75.9 Å². The predicted octanol–water partition coefficient (Wildman–Crippen LogP) is 3.13. The highest BCUT2D eigenvalue weighted by atomic mass is 16.5. The average Bonchev–Trinajstić information content (AvgIpc) is 2.90. The molecular formula is C18H30N2O. The highest BCUT2D eigenvalue weighted by Gasteiger charge is 2.28. The monoisotopic (exact) mass is 290 g/mol. The Kier molecular flexibility index (Phi) is 6.07. The minimum Gasteiger partial charge on any atom is -0.494 e. The number of nitrogens with two attached hydrogens (primary N) is 1. The van der Waals surface area contributed by atoms with E-state index in [1.165, 1.54) is 30.4 Å². The fourth-order valence-electron chi connectivity index (χ4n) is 3.56. The van der Waals surface area contributed by atoms with Crippen molar-refractivity contribution in [2.45, 2.75) is 45.6 Å². The lowest BCUT2D eigenvalue weighted by atomic mass is 10.0. The van der Waals surface area contributed by atoms with Crippen molar-refractivity contribution in [3.63, 3.8) is 0 Å². The minimum atomic E-state index is 0.677. The SMILES string of the molecule is Cc1cc(C)cc(OCCCN(C)C2CCCC2CN)c1. The molecule has 1 aromatic rings. The Hall–Kier alpha value is -1.06. The van der Waals surface area contributed by atoms with Crippen LogP contribution in [0.3, 0.4) is 0 Å². The molecule has 118 valence electrons. The van der Waals surface area contributed by atoms with Gasteiger partial charge in [0, 0.05) is 12.6 Å². The highest BCUT2D eigenvalue weighted by molar-refractivity contribution is 5.32. The zero-order valence-electron chi connectivity index (χ0n) is 13.8. The molecule has 0 radical (unpaired) electrons. The summed E-state index contributed by atoms with van der Waals surface area (Å²) in [5, 5.41) is 0. The summed E-state index contributed by atoms with van der Waals surface area (Å²) in [6, 6.07) is 7.07. The third-order valence-electron chi connectivity index (χ3n) is 4.61. The molecule has 0 heterocycles. The van der Waals surface area contributed by atoms with Crippen LogP contribution in [0, 0.1) is 19.8 Å². The topological polar surface area (TPSA) is 38.5 Å². The van der Waals surface area contributed by atoms with Gasteiger partial charge >= 0.3 is 0 Å². The Balaban J connectivity index is 1.71. The lowest BCUT2D eigenvalue weighted by molar-refractivity contribution is 0.183. The van der Waals surface area contributed by atoms with Gasteiger partial charge in [-0.1, -0.05) is 12.5 Å². The molecule has 1 aliphatic rings. The van der Waals surface area contributed by atoms with E-state index in [0.29, 0.717) is 12.0 Å². The third-order valence-corrected chi connectivity index (χ3v) is 4.61. The van der Waals surface area contributed by atoms with Crippen LogP contribution in [0.5, 0.6) is 5.75 Å². The lowest BCUT2D eigenvalue weighted by Crippen LogP contribution is -2.38. The Morgan fingerprint density at radius 2 is 1.90 bits per heavy atom. The van der Waals surface area contributed by atoms with Crippen LogP contribution in [0.1, 0.15) is 36.8 Å². The van der Waals surface area contributed by atoms with E-state index in [0.717, 1.165) is 31.9 Å². The number of nitrogens with zero attached hydrogens (tertiary/aromatic N) is 1. The zero-order chi connectivity index (χ0) is 15.2. The summed E-state index contributed by atoms with van der Waals surface area (Å²) in [5.41, 5.74) is 8.40. The molecule has 0 aliphatic heterocycles. The van der Waals surface area contributed by atoms with Crippen LogP contribution in [-0.4, -0.2) is 37.7 Å². The van der Waals surface area contributed by atoms with Crippen molar-refractivity contribution in [3.8, 4) is 5.75 Å². The van der Waals surface area contributed by atoms with E-state index in [1.807, 2.05) is 0 Å². The zero-order valence-corrected chi connectivity index (χ0v) is 13.8. The molecule has 2 N–H and O–H groups in total. The van der Waals surface area contributed by atoms with E-state index < -0.39 is 0 Å². The lowest BCUT2D eigenvalue weighted by Gasteiger charge is -2.29. The van der Waals surface area contributed by atoms with Crippen LogP contribution in [0.15, 0.2) is 18.2 Å². The third kappa shape index (κ3) is 4.72. The number of hydrogen-bond donors (Lipinski definition) is 1. The Bertz CT molecular complexity index is 427. The first kappa shape index (κ1) is 16.3. The smallest absolute Gasteiger partial charge is 0.119 e. The van der Waals surface area contributed by atoms with Gasteiger partial charge in [-0.2, -0.15) is 0 Å². The van der Waals surface area contributed by atoms with Crippen molar-refractivity contribution in [3.05, 3.63) is 29.3 Å². The minimum absolute atomic E-state index is 0.677. The van der Waals surface area contributed by atoms with E-state index in [4.69, 9.17) is 10.5 Å². The number of hydrogen-bond acceptors (Lipinski definition) is 3. The molecule has 1 aliphatic carbocycles. The van der Waals surface area contributed by atoms with Crippen LogP contribution in [0.25, 0.3) is 0 Å². The summed E-state index contributed by atoms with van der Waals surface area (Å²) in [4.78, 5) is 2.48. The number of ether oxygens (including phenoxy) is 1. The fourth-order valence-corrected chi connectivity index (χ4v) is 3.56. The number of rotatable bonds is 7. The maximum atomic E-state index is 5.88. The summed E-state index contributed by atoms with van der Waals surface area (Å²) in [6.07, 6.45) is 4.99. The standard InChI is InChI=1S/C18H30N2O/c1-14-10-15(2)12-17(11-14)21-9-5-8-20(3)18-7-4-6-16(18)13-19/h10-12,16,18H,4-9,13,19H2,1-3H3. The first-order valence-corrected chi connectivity index (χ1v) is 8.21. The van der Waals surface area contributed by atoms with Crippen molar-refractivity contribution >= 4 is 0 Å². The van der Waals surface area contributed by atoms with Gasteiger partial charge in [-0.25, -0.2) is 0 Å². The van der Waals surface area contributed by atoms with Crippen molar-refractivity contribution in [2.75, 3.05) is 26.7 Å². The van der Waals surface area contributed by atoms with Gasteiger partial charge < -0.3 is 15.4 Å². The molecule has 0 amide bonds. The van der Waals surface area contributed by atoms with Gasteiger partial charge in [0.25, 0.3) is 0 Å². The first-order valence-electron chi connectivity index (χ1n) is 8.21. The van der Waals surface area contributed by atoms with Crippen molar-refractivity contribution in [1.29, 1.82) is 0 Å². The molecule has 0 bridgehead atoms. The van der Waals surface area contributed by atoms with Crippen molar-refractivity contribution in [1.82, 2.24) is 4.90 Å². The number of benzene rings is 1. The van der Waals surface area contributed by atoms with Crippen molar-refractivity contribution in [2.24, 2.45) is 11.7 Å². The van der Waals surface area contributed by atoms with Crippen LogP contribution < -0.4 is 10.5 Å². The number of aryl methyl sites for hydroxylation is 2. The molecule has 0 saturated heterocycles. The molecule has 1 aromatic carbocycles. The van der Waals surface area contributed by atoms with Gasteiger partial charge in [0.2, 0.25) is 0 Å². The second-order valence-electron chi connectivity index (χ2n) is 6.50. The van der Waals surface area contributed by atoms with E-state index in [-0.39, 0.29) is 0 Å². The summed E-state index contributed by atoms with van der Waals surface area (Å²) in [5.74, 6) is 1.69. The second-order valence-corrected chi connectivity index (χ2v) is 6.50. The molecule has 21 heavy (non-hydrogen) atoms. The first-order chi connectivity index (χ1) is 10.1. The van der Waals surface area contributed by atoms with Gasteiger partial charge in [0.15, 0.2) is 0 Å². The Morgan fingerprint density at radius 3 is 2.57 bits per heavy atom. The van der Waals surface area contributed by atoms with Gasteiger partial charge in [-0.15, -0.1) is 0 Å². The van der Waals surface area contributed by atoms with E-state index in [2.05, 4.69) is 44.0 Å². The molecule has 1 fully saturated rings. The second kappa shape index (κ2) is 7.81. The quantitative estimate of drug-likeness (QED) is 0.784. The summed E-state index contributed by atoms with van der Waals surface area (Å²) < 4.78 is 5.88. The average molecular weight is 290 g/mol. The molecule has 2 atom stereocenters.